The standard InChI is InChI=1S/C56H44N2O2/c1-33-15-13-16-34(2)53(33)57(43-19-9-7-10-20-43)45-25-23-39-29-47-49(31-41(39)27-45)59-55-38(6)52-48-30-40-24-26-46(28-42(40)32-50(48)60-56(52)37(5)51(47)55)58(44-21-11-8-12-22-44)54-35(3)17-14-18-36(54)4/h7-32H,1-6H3. The molecule has 4 nitrogen and oxygen atoms in total. The van der Waals surface area contributed by atoms with Crippen molar-refractivity contribution in [3.05, 3.63) is 191 Å². The highest BCUT2D eigenvalue weighted by Gasteiger charge is 2.24. The quantitative estimate of drug-likeness (QED) is 0.168. The van der Waals surface area contributed by atoms with Gasteiger partial charge in [-0.25, -0.2) is 0 Å². The van der Waals surface area contributed by atoms with Gasteiger partial charge in [0.2, 0.25) is 0 Å². The number of rotatable bonds is 6. The number of fused-ring (bicyclic) bond motifs is 8. The lowest BCUT2D eigenvalue weighted by atomic mass is 9.97. The van der Waals surface area contributed by atoms with Gasteiger partial charge < -0.3 is 18.6 Å². The van der Waals surface area contributed by atoms with Crippen LogP contribution >= 0.6 is 0 Å². The Balaban J connectivity index is 1.05. The molecule has 11 rings (SSSR count). The van der Waals surface area contributed by atoms with Gasteiger partial charge in [0.25, 0.3) is 0 Å². The van der Waals surface area contributed by atoms with Gasteiger partial charge in [-0.2, -0.15) is 0 Å². The molecule has 0 unspecified atom stereocenters. The van der Waals surface area contributed by atoms with E-state index in [0.29, 0.717) is 0 Å². The van der Waals surface area contributed by atoms with Crippen molar-refractivity contribution in [3.63, 3.8) is 0 Å². The molecule has 0 atom stereocenters. The predicted molar refractivity (Wildman–Crippen MR) is 254 cm³/mol. The topological polar surface area (TPSA) is 32.8 Å². The maximum atomic E-state index is 6.88. The minimum Gasteiger partial charge on any atom is -0.456 e. The second-order valence-corrected chi connectivity index (χ2v) is 16.4. The Morgan fingerprint density at radius 1 is 0.333 bits per heavy atom. The highest BCUT2D eigenvalue weighted by atomic mass is 16.3. The monoisotopic (exact) mass is 776 g/mol. The lowest BCUT2D eigenvalue weighted by Crippen LogP contribution is -2.12. The first-order valence-corrected chi connectivity index (χ1v) is 20.8. The summed E-state index contributed by atoms with van der Waals surface area (Å²) >= 11 is 0. The molecule has 0 spiro atoms. The fourth-order valence-electron chi connectivity index (χ4n) is 9.72. The van der Waals surface area contributed by atoms with Crippen LogP contribution in [0.5, 0.6) is 0 Å². The van der Waals surface area contributed by atoms with Crippen LogP contribution in [-0.4, -0.2) is 0 Å². The van der Waals surface area contributed by atoms with E-state index in [4.69, 9.17) is 8.83 Å². The van der Waals surface area contributed by atoms with E-state index in [1.165, 1.54) is 33.6 Å². The van der Waals surface area contributed by atoms with Gasteiger partial charge in [0.1, 0.15) is 22.3 Å². The average Bonchev–Trinajstić information content (AvgIpc) is 3.83. The highest BCUT2D eigenvalue weighted by Crippen LogP contribution is 2.46. The number of hydrogen-bond acceptors (Lipinski definition) is 4. The van der Waals surface area contributed by atoms with E-state index in [2.05, 4.69) is 209 Å². The van der Waals surface area contributed by atoms with E-state index in [1.54, 1.807) is 0 Å². The maximum absolute atomic E-state index is 6.88. The fraction of sp³-hybridized carbons (Fsp3) is 0.107. The molecule has 0 N–H and O–H groups in total. The summed E-state index contributed by atoms with van der Waals surface area (Å²) in [6.07, 6.45) is 0. The summed E-state index contributed by atoms with van der Waals surface area (Å²) < 4.78 is 13.8. The SMILES string of the molecule is Cc1cccc(C)c1N(c1ccccc1)c1ccc2cc3c(cc2c1)oc1c(C)c2c(oc4cc5cc(N(c6ccccc6)c6c(C)cccc6C)ccc5cc42)c(C)c13. The minimum atomic E-state index is 0.876. The number of para-hydroxylation sites is 4. The molecule has 0 radical (unpaired) electrons. The molecule has 0 fully saturated rings. The normalized spacial score (nSPS) is 11.8. The first-order valence-electron chi connectivity index (χ1n) is 20.8. The molecule has 0 saturated heterocycles. The van der Waals surface area contributed by atoms with Crippen molar-refractivity contribution in [1.29, 1.82) is 0 Å². The average molecular weight is 777 g/mol. The summed E-state index contributed by atoms with van der Waals surface area (Å²) in [5.74, 6) is 0. The molecule has 0 aliphatic rings. The van der Waals surface area contributed by atoms with Crippen molar-refractivity contribution < 1.29 is 8.83 Å². The summed E-state index contributed by atoms with van der Waals surface area (Å²) in [5.41, 5.74) is 17.6. The summed E-state index contributed by atoms with van der Waals surface area (Å²) in [6.45, 7) is 13.1. The zero-order valence-corrected chi connectivity index (χ0v) is 34.7. The van der Waals surface area contributed by atoms with Crippen LogP contribution in [0.25, 0.3) is 65.4 Å². The molecule has 0 bridgehead atoms. The molecular weight excluding hydrogens is 733 g/mol. The van der Waals surface area contributed by atoms with Gasteiger partial charge in [-0.15, -0.1) is 0 Å². The molecule has 0 saturated carbocycles. The van der Waals surface area contributed by atoms with Crippen LogP contribution in [0.4, 0.5) is 34.1 Å². The second-order valence-electron chi connectivity index (χ2n) is 16.4. The predicted octanol–water partition coefficient (Wildman–Crippen LogP) is 16.6. The molecule has 9 aromatic carbocycles. The Labute approximate surface area is 349 Å². The Kier molecular flexibility index (Phi) is 8.15. The van der Waals surface area contributed by atoms with Crippen LogP contribution in [0.2, 0.25) is 0 Å². The molecular formula is C56H44N2O2. The highest BCUT2D eigenvalue weighted by molar-refractivity contribution is 6.22. The fourth-order valence-corrected chi connectivity index (χ4v) is 9.72. The van der Waals surface area contributed by atoms with Crippen molar-refractivity contribution in [3.8, 4) is 0 Å². The molecule has 0 aliphatic heterocycles. The van der Waals surface area contributed by atoms with Gasteiger partial charge in [-0.05, 0) is 158 Å². The van der Waals surface area contributed by atoms with Gasteiger partial charge in [0.15, 0.2) is 0 Å². The van der Waals surface area contributed by atoms with Crippen molar-refractivity contribution in [2.75, 3.05) is 9.80 Å². The number of nitrogens with zero attached hydrogens (tertiary/aromatic N) is 2. The third-order valence-corrected chi connectivity index (χ3v) is 12.6. The molecule has 60 heavy (non-hydrogen) atoms. The Morgan fingerprint density at radius 2 is 0.717 bits per heavy atom. The Morgan fingerprint density at radius 3 is 1.10 bits per heavy atom. The number of furan rings is 2. The van der Waals surface area contributed by atoms with Crippen LogP contribution in [0.1, 0.15) is 33.4 Å². The van der Waals surface area contributed by atoms with Crippen molar-refractivity contribution in [2.24, 2.45) is 0 Å². The van der Waals surface area contributed by atoms with Crippen LogP contribution < -0.4 is 9.80 Å². The molecule has 2 aromatic heterocycles. The van der Waals surface area contributed by atoms with Gasteiger partial charge in [0, 0.05) is 55.4 Å². The third kappa shape index (κ3) is 5.51. The third-order valence-electron chi connectivity index (χ3n) is 12.6. The first kappa shape index (κ1) is 35.8. The lowest BCUT2D eigenvalue weighted by molar-refractivity contribution is 0.660. The Hall–Kier alpha value is -7.30. The largest absolute Gasteiger partial charge is 0.456 e. The number of hydrogen-bond donors (Lipinski definition) is 0. The van der Waals surface area contributed by atoms with Crippen LogP contribution in [0, 0.1) is 41.5 Å². The van der Waals surface area contributed by atoms with E-state index in [0.717, 1.165) is 99.3 Å². The van der Waals surface area contributed by atoms with Crippen molar-refractivity contribution >= 4 is 99.5 Å². The lowest BCUT2D eigenvalue weighted by Gasteiger charge is -2.29. The smallest absolute Gasteiger partial charge is 0.139 e. The van der Waals surface area contributed by atoms with Gasteiger partial charge >= 0.3 is 0 Å². The van der Waals surface area contributed by atoms with Crippen LogP contribution in [0.15, 0.2) is 167 Å². The summed E-state index contributed by atoms with van der Waals surface area (Å²) in [6, 6.07) is 56.8. The molecule has 0 amide bonds. The van der Waals surface area contributed by atoms with Crippen molar-refractivity contribution in [1.82, 2.24) is 0 Å². The van der Waals surface area contributed by atoms with E-state index < -0.39 is 0 Å². The molecule has 290 valence electrons. The van der Waals surface area contributed by atoms with E-state index in [9.17, 15) is 0 Å². The summed E-state index contributed by atoms with van der Waals surface area (Å²) in [5, 5.41) is 9.02. The number of aryl methyl sites for hydroxylation is 6. The van der Waals surface area contributed by atoms with Crippen LogP contribution in [0.3, 0.4) is 0 Å². The van der Waals surface area contributed by atoms with Crippen molar-refractivity contribution in [2.45, 2.75) is 41.5 Å². The van der Waals surface area contributed by atoms with E-state index >= 15 is 0 Å². The van der Waals surface area contributed by atoms with E-state index in [1.807, 2.05) is 0 Å². The summed E-state index contributed by atoms with van der Waals surface area (Å²) in [4.78, 5) is 4.74. The molecule has 0 aliphatic carbocycles. The van der Waals surface area contributed by atoms with Gasteiger partial charge in [-0.1, -0.05) is 84.9 Å². The van der Waals surface area contributed by atoms with E-state index in [-0.39, 0.29) is 0 Å². The summed E-state index contributed by atoms with van der Waals surface area (Å²) in [7, 11) is 0. The minimum absolute atomic E-state index is 0.876. The zero-order chi connectivity index (χ0) is 40.8. The second kappa shape index (κ2) is 13.6. The number of benzene rings is 9. The Bertz CT molecular complexity index is 3230. The maximum Gasteiger partial charge on any atom is 0.139 e. The van der Waals surface area contributed by atoms with Crippen LogP contribution in [-0.2, 0) is 0 Å². The van der Waals surface area contributed by atoms with Gasteiger partial charge in [-0.3, -0.25) is 0 Å². The van der Waals surface area contributed by atoms with Gasteiger partial charge in [0.05, 0.1) is 11.4 Å². The molecule has 11 aromatic rings. The molecule has 2 heterocycles. The molecule has 4 heteroatoms. The zero-order valence-electron chi connectivity index (χ0n) is 34.7. The first-order chi connectivity index (χ1) is 29.2. The number of anilines is 6.